The Morgan fingerprint density at radius 1 is 1.12 bits per heavy atom. The number of piperidine rings is 1. The Labute approximate surface area is 150 Å². The van der Waals surface area contributed by atoms with Crippen molar-refractivity contribution >= 4 is 5.91 Å². The van der Waals surface area contributed by atoms with Crippen LogP contribution in [0.25, 0.3) is 11.1 Å². The summed E-state index contributed by atoms with van der Waals surface area (Å²) in [7, 11) is 5.84. The van der Waals surface area contributed by atoms with Crippen LogP contribution >= 0.6 is 0 Å². The Kier molecular flexibility index (Phi) is 5.39. The highest BCUT2D eigenvalue weighted by atomic mass is 16.5. The predicted molar refractivity (Wildman–Crippen MR) is 101 cm³/mol. The summed E-state index contributed by atoms with van der Waals surface area (Å²) in [5, 5.41) is 0. The van der Waals surface area contributed by atoms with Gasteiger partial charge in [-0.05, 0) is 50.7 Å². The van der Waals surface area contributed by atoms with Gasteiger partial charge in [0.2, 0.25) is 0 Å². The lowest BCUT2D eigenvalue weighted by Gasteiger charge is -2.36. The first-order chi connectivity index (χ1) is 12.1. The lowest BCUT2D eigenvalue weighted by Crippen LogP contribution is -2.47. The Bertz CT molecular complexity index is 725. The average molecular weight is 338 g/mol. The molecule has 1 atom stereocenters. The van der Waals surface area contributed by atoms with Crippen LogP contribution in [-0.4, -0.2) is 56.0 Å². The van der Waals surface area contributed by atoms with E-state index in [-0.39, 0.29) is 5.91 Å². The van der Waals surface area contributed by atoms with Crippen molar-refractivity contribution < 1.29 is 9.53 Å². The lowest BCUT2D eigenvalue weighted by molar-refractivity contribution is 0.0635. The van der Waals surface area contributed by atoms with Crippen LogP contribution < -0.4 is 4.74 Å². The molecular formula is C21H26N2O2. The van der Waals surface area contributed by atoms with Gasteiger partial charge in [-0.25, -0.2) is 0 Å². The molecule has 1 aliphatic heterocycles. The third kappa shape index (κ3) is 3.85. The number of likely N-dealkylation sites (N-methyl/N-ethyl adjacent to an activating group) is 1. The van der Waals surface area contributed by atoms with Gasteiger partial charge >= 0.3 is 0 Å². The molecule has 1 heterocycles. The Hall–Kier alpha value is -2.33. The Balaban J connectivity index is 1.77. The molecule has 4 nitrogen and oxygen atoms in total. The highest BCUT2D eigenvalue weighted by Crippen LogP contribution is 2.29. The Morgan fingerprint density at radius 3 is 2.52 bits per heavy atom. The third-order valence-electron chi connectivity index (χ3n) is 4.96. The van der Waals surface area contributed by atoms with E-state index >= 15 is 0 Å². The third-order valence-corrected chi connectivity index (χ3v) is 4.96. The fraction of sp³-hybridized carbons (Fsp3) is 0.381. The number of benzene rings is 2. The average Bonchev–Trinajstić information content (AvgIpc) is 2.67. The van der Waals surface area contributed by atoms with Crippen LogP contribution in [0.15, 0.2) is 48.5 Å². The summed E-state index contributed by atoms with van der Waals surface area (Å²) in [6, 6.07) is 16.2. The highest BCUT2D eigenvalue weighted by Gasteiger charge is 2.25. The second-order valence-electron chi connectivity index (χ2n) is 6.79. The van der Waals surface area contributed by atoms with E-state index < -0.39 is 0 Å². The van der Waals surface area contributed by atoms with E-state index in [2.05, 4.69) is 19.0 Å². The number of rotatable bonds is 4. The molecule has 0 N–H and O–H groups in total. The zero-order valence-corrected chi connectivity index (χ0v) is 15.2. The van der Waals surface area contributed by atoms with Crippen molar-refractivity contribution in [3.05, 3.63) is 54.1 Å². The number of methoxy groups -OCH3 is 1. The fourth-order valence-corrected chi connectivity index (χ4v) is 3.42. The van der Waals surface area contributed by atoms with Crippen LogP contribution in [0.2, 0.25) is 0 Å². The number of hydrogen-bond acceptors (Lipinski definition) is 3. The zero-order chi connectivity index (χ0) is 17.8. The van der Waals surface area contributed by atoms with Crippen molar-refractivity contribution in [1.29, 1.82) is 0 Å². The van der Waals surface area contributed by atoms with Gasteiger partial charge in [0.1, 0.15) is 5.75 Å². The first kappa shape index (κ1) is 17.5. The maximum Gasteiger partial charge on any atom is 0.253 e. The van der Waals surface area contributed by atoms with Crippen molar-refractivity contribution in [3.63, 3.8) is 0 Å². The van der Waals surface area contributed by atoms with Gasteiger partial charge in [-0.2, -0.15) is 0 Å². The van der Waals surface area contributed by atoms with Crippen molar-refractivity contribution in [1.82, 2.24) is 9.80 Å². The second-order valence-corrected chi connectivity index (χ2v) is 6.79. The predicted octanol–water partition coefficient (Wildman–Crippen LogP) is 3.53. The molecule has 4 heteroatoms. The van der Waals surface area contributed by atoms with E-state index in [1.165, 1.54) is 0 Å². The normalized spacial score (nSPS) is 17.6. The molecule has 0 spiro atoms. The molecular weight excluding hydrogens is 312 g/mol. The molecule has 0 radical (unpaired) electrons. The maximum atomic E-state index is 12.8. The molecule has 1 saturated heterocycles. The van der Waals surface area contributed by atoms with Crippen molar-refractivity contribution in [2.24, 2.45) is 0 Å². The van der Waals surface area contributed by atoms with Crippen LogP contribution in [0, 0.1) is 0 Å². The van der Waals surface area contributed by atoms with Crippen LogP contribution in [0.3, 0.4) is 0 Å². The molecule has 0 aliphatic carbocycles. The lowest BCUT2D eigenvalue weighted by atomic mass is 10.0. The molecule has 3 rings (SSSR count). The minimum Gasteiger partial charge on any atom is -0.496 e. The van der Waals surface area contributed by atoms with Crippen LogP contribution in [-0.2, 0) is 0 Å². The van der Waals surface area contributed by atoms with Gasteiger partial charge in [0.25, 0.3) is 5.91 Å². The number of carbonyl (C=O) groups is 1. The zero-order valence-electron chi connectivity index (χ0n) is 15.2. The van der Waals surface area contributed by atoms with Gasteiger partial charge in [-0.3, -0.25) is 4.79 Å². The standard InChI is InChI=1S/C21H26N2O2/c1-22(2)18-7-6-14-23(15-18)21(24)17-12-10-16(11-13-17)19-8-4-5-9-20(19)25-3/h4-5,8-13,18H,6-7,14-15H2,1-3H3. The van der Waals surface area contributed by atoms with Gasteiger partial charge in [0, 0.05) is 30.3 Å². The molecule has 1 aliphatic rings. The van der Waals surface area contributed by atoms with Gasteiger partial charge in [0.05, 0.1) is 7.11 Å². The summed E-state index contributed by atoms with van der Waals surface area (Å²) in [6.07, 6.45) is 2.22. The number of hydrogen-bond donors (Lipinski definition) is 0. The van der Waals surface area contributed by atoms with E-state index in [1.54, 1.807) is 7.11 Å². The maximum absolute atomic E-state index is 12.8. The number of ether oxygens (including phenoxy) is 1. The van der Waals surface area contributed by atoms with Gasteiger partial charge < -0.3 is 14.5 Å². The van der Waals surface area contributed by atoms with Gasteiger partial charge in [0.15, 0.2) is 0 Å². The second kappa shape index (κ2) is 7.70. The monoisotopic (exact) mass is 338 g/mol. The molecule has 1 unspecified atom stereocenters. The minimum absolute atomic E-state index is 0.123. The molecule has 0 saturated carbocycles. The number of likely N-dealkylation sites (tertiary alicyclic amines) is 1. The summed E-state index contributed by atoms with van der Waals surface area (Å²) in [4.78, 5) is 17.0. The summed E-state index contributed by atoms with van der Waals surface area (Å²) in [5.41, 5.74) is 2.84. The van der Waals surface area contributed by atoms with E-state index in [0.29, 0.717) is 6.04 Å². The highest BCUT2D eigenvalue weighted by molar-refractivity contribution is 5.95. The molecule has 25 heavy (non-hydrogen) atoms. The van der Waals surface area contributed by atoms with E-state index in [1.807, 2.05) is 53.4 Å². The summed E-state index contributed by atoms with van der Waals surface area (Å²) in [5.74, 6) is 0.963. The first-order valence-electron chi connectivity index (χ1n) is 8.79. The van der Waals surface area contributed by atoms with Gasteiger partial charge in [-0.1, -0.05) is 30.3 Å². The van der Waals surface area contributed by atoms with Crippen LogP contribution in [0.1, 0.15) is 23.2 Å². The van der Waals surface area contributed by atoms with Gasteiger partial charge in [-0.15, -0.1) is 0 Å². The number of amides is 1. The smallest absolute Gasteiger partial charge is 0.253 e. The number of para-hydroxylation sites is 1. The number of nitrogens with zero attached hydrogens (tertiary/aromatic N) is 2. The largest absolute Gasteiger partial charge is 0.496 e. The minimum atomic E-state index is 0.123. The molecule has 2 aromatic carbocycles. The topological polar surface area (TPSA) is 32.8 Å². The van der Waals surface area contributed by atoms with Crippen molar-refractivity contribution in [3.8, 4) is 16.9 Å². The Morgan fingerprint density at radius 2 is 1.84 bits per heavy atom. The van der Waals surface area contributed by atoms with Crippen LogP contribution in [0.4, 0.5) is 0 Å². The molecule has 1 fully saturated rings. The van der Waals surface area contributed by atoms with Crippen molar-refractivity contribution in [2.45, 2.75) is 18.9 Å². The van der Waals surface area contributed by atoms with E-state index in [9.17, 15) is 4.79 Å². The number of carbonyl (C=O) groups excluding carboxylic acids is 1. The first-order valence-corrected chi connectivity index (χ1v) is 8.79. The molecule has 2 aromatic rings. The fourth-order valence-electron chi connectivity index (χ4n) is 3.42. The van der Waals surface area contributed by atoms with Crippen LogP contribution in [0.5, 0.6) is 5.75 Å². The molecule has 1 amide bonds. The molecule has 0 bridgehead atoms. The quantitative estimate of drug-likeness (QED) is 0.855. The molecule has 132 valence electrons. The van der Waals surface area contributed by atoms with E-state index in [0.717, 1.165) is 48.4 Å². The van der Waals surface area contributed by atoms with E-state index in [4.69, 9.17) is 4.74 Å². The summed E-state index contributed by atoms with van der Waals surface area (Å²) in [6.45, 7) is 1.65. The summed E-state index contributed by atoms with van der Waals surface area (Å²) < 4.78 is 5.43. The summed E-state index contributed by atoms with van der Waals surface area (Å²) >= 11 is 0. The molecule has 0 aromatic heterocycles. The SMILES string of the molecule is COc1ccccc1-c1ccc(C(=O)N2CCCC(N(C)C)C2)cc1. The van der Waals surface area contributed by atoms with Crippen molar-refractivity contribution in [2.75, 3.05) is 34.3 Å².